The summed E-state index contributed by atoms with van der Waals surface area (Å²) in [6.07, 6.45) is 9.28. The van der Waals surface area contributed by atoms with E-state index in [9.17, 15) is 4.79 Å². The Balaban J connectivity index is 1.41. The maximum Gasteiger partial charge on any atom is 0.278 e. The van der Waals surface area contributed by atoms with Crippen molar-refractivity contribution >= 4 is 16.8 Å². The molecule has 2 bridgehead atoms. The average molecular weight is 361 g/mol. The van der Waals surface area contributed by atoms with E-state index in [2.05, 4.69) is 33.0 Å². The average Bonchev–Trinajstić information content (AvgIpc) is 3.11. The Hall–Kier alpha value is -2.29. The molecular weight excluding hydrogens is 332 g/mol. The minimum Gasteiger partial charge on any atom is -0.346 e. The fourth-order valence-corrected chi connectivity index (χ4v) is 6.07. The van der Waals surface area contributed by atoms with Crippen molar-refractivity contribution < 1.29 is 4.79 Å². The first kappa shape index (κ1) is 16.9. The topological polar surface area (TPSA) is 26.9 Å². The van der Waals surface area contributed by atoms with Gasteiger partial charge in [-0.15, -0.1) is 0 Å². The summed E-state index contributed by atoms with van der Waals surface area (Å²) < 4.78 is 3.79. The third-order valence-electron chi connectivity index (χ3n) is 6.70. The number of nitrogens with zero attached hydrogens (tertiary/aromatic N) is 2. The summed E-state index contributed by atoms with van der Waals surface area (Å²) in [7, 11) is 2.00. The van der Waals surface area contributed by atoms with Gasteiger partial charge in [0.2, 0.25) is 0 Å². The van der Waals surface area contributed by atoms with Crippen LogP contribution in [-0.4, -0.2) is 15.0 Å². The van der Waals surface area contributed by atoms with Gasteiger partial charge in [0, 0.05) is 24.8 Å². The summed E-state index contributed by atoms with van der Waals surface area (Å²) >= 11 is 0. The van der Waals surface area contributed by atoms with Crippen molar-refractivity contribution in [2.75, 3.05) is 0 Å². The van der Waals surface area contributed by atoms with Crippen molar-refractivity contribution in [3.63, 3.8) is 0 Å². The number of carbonyl (C=O) groups excluding carboxylic acids is 1. The highest BCUT2D eigenvalue weighted by molar-refractivity contribution is 6.01. The lowest BCUT2D eigenvalue weighted by Crippen LogP contribution is -2.65. The molecule has 3 aromatic rings. The lowest BCUT2D eigenvalue weighted by atomic mass is 9.32. The van der Waals surface area contributed by atoms with E-state index in [1.807, 2.05) is 48.1 Å². The summed E-state index contributed by atoms with van der Waals surface area (Å²) in [5, 5.41) is 1.10. The molecule has 140 valence electrons. The van der Waals surface area contributed by atoms with Gasteiger partial charge in [0.1, 0.15) is 5.69 Å². The van der Waals surface area contributed by atoms with E-state index in [0.717, 1.165) is 16.6 Å². The molecule has 1 aromatic carbocycles. The maximum atomic E-state index is 13.2. The smallest absolute Gasteiger partial charge is 0.278 e. The van der Waals surface area contributed by atoms with E-state index in [1.54, 1.807) is 4.57 Å². The van der Waals surface area contributed by atoms with E-state index in [4.69, 9.17) is 0 Å². The first-order chi connectivity index (χ1) is 12.7. The molecular formula is C24H28N2O. The molecule has 0 unspecified atom stereocenters. The van der Waals surface area contributed by atoms with Gasteiger partial charge >= 0.3 is 0 Å². The number of fused-ring (bicyclic) bond motifs is 1. The number of aryl methyl sites for hydroxylation is 1. The number of hydrogen-bond acceptors (Lipinski definition) is 1. The quantitative estimate of drug-likeness (QED) is 0.603. The van der Waals surface area contributed by atoms with Crippen molar-refractivity contribution in [1.29, 1.82) is 0 Å². The van der Waals surface area contributed by atoms with Crippen LogP contribution in [0.5, 0.6) is 0 Å². The third-order valence-corrected chi connectivity index (χ3v) is 6.70. The van der Waals surface area contributed by atoms with Gasteiger partial charge in [0.05, 0.1) is 5.52 Å². The fraction of sp³-hybridized carbons (Fsp3) is 0.458. The Morgan fingerprint density at radius 1 is 1.11 bits per heavy atom. The lowest BCUT2D eigenvalue weighted by Gasteiger charge is -2.72. The van der Waals surface area contributed by atoms with Gasteiger partial charge in [-0.3, -0.25) is 9.36 Å². The monoisotopic (exact) mass is 360 g/mol. The first-order valence-corrected chi connectivity index (χ1v) is 9.98. The predicted molar refractivity (Wildman–Crippen MR) is 109 cm³/mol. The Morgan fingerprint density at radius 2 is 1.81 bits per heavy atom. The van der Waals surface area contributed by atoms with Gasteiger partial charge in [-0.25, -0.2) is 0 Å². The maximum absolute atomic E-state index is 13.2. The molecule has 0 amide bonds. The van der Waals surface area contributed by atoms with Crippen molar-refractivity contribution in [1.82, 2.24) is 9.13 Å². The molecule has 3 heteroatoms. The largest absolute Gasteiger partial charge is 0.346 e. The molecule has 0 radical (unpaired) electrons. The van der Waals surface area contributed by atoms with Crippen LogP contribution in [0.1, 0.15) is 62.5 Å². The zero-order valence-electron chi connectivity index (χ0n) is 16.7. The molecule has 2 heterocycles. The zero-order valence-corrected chi connectivity index (χ0v) is 16.7. The number of carbonyl (C=O) groups is 1. The molecule has 0 N–H and O–H groups in total. The molecule has 6 rings (SSSR count). The van der Waals surface area contributed by atoms with Gasteiger partial charge in [0.15, 0.2) is 0 Å². The minimum absolute atomic E-state index is 0.0564. The standard InChI is InChI=1S/C24H28N2O/c1-22(2,3)13-23-14-24(15-23,16-23)18-11-20(25(4)12-18)21(27)26-10-9-17-7-5-6-8-19(17)26/h5-12H,13-16H2,1-4H3. The van der Waals surface area contributed by atoms with Crippen LogP contribution in [0.25, 0.3) is 10.9 Å². The van der Waals surface area contributed by atoms with E-state index in [0.29, 0.717) is 16.2 Å². The van der Waals surface area contributed by atoms with Gasteiger partial charge in [0.25, 0.3) is 5.91 Å². The van der Waals surface area contributed by atoms with Crippen molar-refractivity contribution in [3.8, 4) is 0 Å². The van der Waals surface area contributed by atoms with E-state index < -0.39 is 0 Å². The van der Waals surface area contributed by atoms with Gasteiger partial charge in [-0.1, -0.05) is 39.0 Å². The Morgan fingerprint density at radius 3 is 2.52 bits per heavy atom. The SMILES string of the molecule is Cn1cc(C23CC(CC(C)(C)C)(C2)C3)cc1C(=O)n1ccc2ccccc21. The van der Waals surface area contributed by atoms with Gasteiger partial charge < -0.3 is 4.57 Å². The Kier molecular flexibility index (Phi) is 3.22. The van der Waals surface area contributed by atoms with Crippen molar-refractivity contribution in [2.24, 2.45) is 17.9 Å². The van der Waals surface area contributed by atoms with Crippen LogP contribution in [0.2, 0.25) is 0 Å². The number of hydrogen-bond donors (Lipinski definition) is 0. The van der Waals surface area contributed by atoms with Gasteiger partial charge in [-0.05, 0) is 65.7 Å². The Bertz CT molecular complexity index is 1040. The van der Waals surface area contributed by atoms with Gasteiger partial charge in [-0.2, -0.15) is 0 Å². The zero-order chi connectivity index (χ0) is 19.0. The van der Waals surface area contributed by atoms with E-state index in [1.165, 1.54) is 31.2 Å². The van der Waals surface area contributed by atoms with Crippen LogP contribution in [0.15, 0.2) is 48.8 Å². The van der Waals surface area contributed by atoms with E-state index >= 15 is 0 Å². The molecule has 0 aliphatic heterocycles. The molecule has 3 nitrogen and oxygen atoms in total. The second-order valence-electron chi connectivity index (χ2n) is 10.3. The number of benzene rings is 1. The molecule has 2 aromatic heterocycles. The summed E-state index contributed by atoms with van der Waals surface area (Å²) in [6, 6.07) is 12.2. The highest BCUT2D eigenvalue weighted by Gasteiger charge is 2.68. The second kappa shape index (κ2) is 5.15. The Labute approximate surface area is 161 Å². The number of aromatic nitrogens is 2. The van der Waals surface area contributed by atoms with E-state index in [-0.39, 0.29) is 5.91 Å². The van der Waals surface area contributed by atoms with Crippen molar-refractivity contribution in [3.05, 3.63) is 60.0 Å². The minimum atomic E-state index is 0.0564. The molecule has 3 saturated carbocycles. The summed E-state index contributed by atoms with van der Waals surface area (Å²) in [4.78, 5) is 13.2. The fourth-order valence-electron chi connectivity index (χ4n) is 6.07. The second-order valence-corrected chi connectivity index (χ2v) is 10.3. The van der Waals surface area contributed by atoms with Crippen molar-refractivity contribution in [2.45, 2.75) is 51.9 Å². The van der Waals surface area contributed by atoms with Crippen LogP contribution in [0.4, 0.5) is 0 Å². The third kappa shape index (κ3) is 2.44. The van der Waals surface area contributed by atoms with Crippen LogP contribution in [0, 0.1) is 10.8 Å². The molecule has 27 heavy (non-hydrogen) atoms. The normalized spacial score (nSPS) is 26.7. The molecule has 3 fully saturated rings. The highest BCUT2D eigenvalue weighted by Crippen LogP contribution is 2.76. The first-order valence-electron chi connectivity index (χ1n) is 9.98. The lowest BCUT2D eigenvalue weighted by molar-refractivity contribution is -0.161. The van der Waals surface area contributed by atoms with Crippen LogP contribution in [0.3, 0.4) is 0 Å². The van der Waals surface area contributed by atoms with Crippen LogP contribution >= 0.6 is 0 Å². The molecule has 0 spiro atoms. The summed E-state index contributed by atoms with van der Waals surface area (Å²) in [5.41, 5.74) is 4.41. The molecule has 0 atom stereocenters. The summed E-state index contributed by atoms with van der Waals surface area (Å²) in [6.45, 7) is 7.04. The molecule has 0 saturated heterocycles. The predicted octanol–water partition coefficient (Wildman–Crippen LogP) is 5.53. The highest BCUT2D eigenvalue weighted by atomic mass is 16.2. The number of rotatable bonds is 3. The molecule has 3 aliphatic rings. The van der Waals surface area contributed by atoms with Crippen LogP contribution < -0.4 is 0 Å². The van der Waals surface area contributed by atoms with Crippen LogP contribution in [-0.2, 0) is 12.5 Å². The summed E-state index contributed by atoms with van der Waals surface area (Å²) in [5.74, 6) is 0.0564. The molecule has 3 aliphatic carbocycles. The number of para-hydroxylation sites is 1.